The van der Waals surface area contributed by atoms with Crippen molar-refractivity contribution in [2.45, 2.75) is 20.4 Å². The van der Waals surface area contributed by atoms with Gasteiger partial charge < -0.3 is 10.1 Å². The van der Waals surface area contributed by atoms with Crippen LogP contribution in [-0.2, 0) is 6.54 Å². The summed E-state index contributed by atoms with van der Waals surface area (Å²) in [7, 11) is 0. The fourth-order valence-corrected chi connectivity index (χ4v) is 2.04. The highest BCUT2D eigenvalue weighted by Crippen LogP contribution is 2.23. The summed E-state index contributed by atoms with van der Waals surface area (Å²) >= 11 is 0. The minimum Gasteiger partial charge on any atom is -0.494 e. The number of hydrogen-bond donors (Lipinski definition) is 1. The SMILES string of the molecule is CCNCc1cccc(-c2ccc(OCC)cc2)c1. The zero-order valence-electron chi connectivity index (χ0n) is 11.6. The normalized spacial score (nSPS) is 10.4. The molecule has 0 aliphatic rings. The summed E-state index contributed by atoms with van der Waals surface area (Å²) in [5.41, 5.74) is 3.79. The summed E-state index contributed by atoms with van der Waals surface area (Å²) in [6, 6.07) is 16.9. The topological polar surface area (TPSA) is 21.3 Å². The maximum absolute atomic E-state index is 5.46. The largest absolute Gasteiger partial charge is 0.494 e. The Kier molecular flexibility index (Phi) is 4.99. The van der Waals surface area contributed by atoms with Gasteiger partial charge in [-0.15, -0.1) is 0 Å². The molecule has 0 amide bonds. The third-order valence-electron chi connectivity index (χ3n) is 3.00. The number of rotatable bonds is 6. The average molecular weight is 255 g/mol. The van der Waals surface area contributed by atoms with Crippen LogP contribution in [0, 0.1) is 0 Å². The Balaban J connectivity index is 2.16. The summed E-state index contributed by atoms with van der Waals surface area (Å²) < 4.78 is 5.46. The molecule has 0 saturated heterocycles. The van der Waals surface area contributed by atoms with Crippen LogP contribution in [0.15, 0.2) is 48.5 Å². The van der Waals surface area contributed by atoms with Crippen molar-refractivity contribution in [3.8, 4) is 16.9 Å². The van der Waals surface area contributed by atoms with E-state index < -0.39 is 0 Å². The molecule has 0 fully saturated rings. The van der Waals surface area contributed by atoms with E-state index in [4.69, 9.17) is 4.74 Å². The third-order valence-corrected chi connectivity index (χ3v) is 3.00. The van der Waals surface area contributed by atoms with Gasteiger partial charge in [-0.3, -0.25) is 0 Å². The maximum atomic E-state index is 5.46. The van der Waals surface area contributed by atoms with Crippen molar-refractivity contribution < 1.29 is 4.74 Å². The van der Waals surface area contributed by atoms with Gasteiger partial charge >= 0.3 is 0 Å². The number of ether oxygens (including phenoxy) is 1. The molecule has 0 atom stereocenters. The Hall–Kier alpha value is -1.80. The molecule has 0 aliphatic carbocycles. The maximum Gasteiger partial charge on any atom is 0.119 e. The van der Waals surface area contributed by atoms with E-state index in [9.17, 15) is 0 Å². The molecule has 0 aromatic heterocycles. The van der Waals surface area contributed by atoms with Crippen molar-refractivity contribution in [3.05, 3.63) is 54.1 Å². The lowest BCUT2D eigenvalue weighted by molar-refractivity contribution is 0.340. The lowest BCUT2D eigenvalue weighted by Crippen LogP contribution is -2.11. The van der Waals surface area contributed by atoms with Crippen molar-refractivity contribution in [2.24, 2.45) is 0 Å². The Bertz CT molecular complexity index is 505. The molecule has 2 nitrogen and oxygen atoms in total. The lowest BCUT2D eigenvalue weighted by atomic mass is 10.0. The van der Waals surface area contributed by atoms with Gasteiger partial charge in [-0.2, -0.15) is 0 Å². The standard InChI is InChI=1S/C17H21NO/c1-3-18-13-14-6-5-7-16(12-14)15-8-10-17(11-9-15)19-4-2/h5-12,18H,3-4,13H2,1-2H3. The zero-order valence-corrected chi connectivity index (χ0v) is 11.6. The minimum atomic E-state index is 0.706. The van der Waals surface area contributed by atoms with Gasteiger partial charge in [0, 0.05) is 6.54 Å². The van der Waals surface area contributed by atoms with Gasteiger partial charge in [0.15, 0.2) is 0 Å². The fourth-order valence-electron chi connectivity index (χ4n) is 2.04. The van der Waals surface area contributed by atoms with Crippen molar-refractivity contribution in [1.82, 2.24) is 5.32 Å². The van der Waals surface area contributed by atoms with Crippen LogP contribution in [0.4, 0.5) is 0 Å². The second-order valence-corrected chi connectivity index (χ2v) is 4.44. The van der Waals surface area contributed by atoms with Crippen LogP contribution < -0.4 is 10.1 Å². The van der Waals surface area contributed by atoms with Gasteiger partial charge in [0.2, 0.25) is 0 Å². The molecule has 2 rings (SSSR count). The molecule has 0 spiro atoms. The van der Waals surface area contributed by atoms with Crippen LogP contribution in [-0.4, -0.2) is 13.2 Å². The van der Waals surface area contributed by atoms with Gasteiger partial charge in [0.25, 0.3) is 0 Å². The molecular formula is C17H21NO. The summed E-state index contributed by atoms with van der Waals surface area (Å²) in [5.74, 6) is 0.926. The molecule has 2 aromatic rings. The van der Waals surface area contributed by atoms with Crippen molar-refractivity contribution >= 4 is 0 Å². The Labute approximate surface area is 115 Å². The van der Waals surface area contributed by atoms with E-state index in [0.29, 0.717) is 6.61 Å². The minimum absolute atomic E-state index is 0.706. The first kappa shape index (κ1) is 13.6. The molecule has 1 N–H and O–H groups in total. The van der Waals surface area contributed by atoms with E-state index in [1.165, 1.54) is 16.7 Å². The highest BCUT2D eigenvalue weighted by atomic mass is 16.5. The van der Waals surface area contributed by atoms with Crippen LogP contribution >= 0.6 is 0 Å². The first-order valence-electron chi connectivity index (χ1n) is 6.86. The van der Waals surface area contributed by atoms with Gasteiger partial charge in [0.05, 0.1) is 6.61 Å². The van der Waals surface area contributed by atoms with Gasteiger partial charge in [-0.05, 0) is 48.4 Å². The van der Waals surface area contributed by atoms with Crippen LogP contribution in [0.3, 0.4) is 0 Å². The predicted octanol–water partition coefficient (Wildman–Crippen LogP) is 3.86. The average Bonchev–Trinajstić information content (AvgIpc) is 2.46. The molecule has 0 unspecified atom stereocenters. The van der Waals surface area contributed by atoms with Crippen LogP contribution in [0.1, 0.15) is 19.4 Å². The number of hydrogen-bond acceptors (Lipinski definition) is 2. The number of nitrogens with one attached hydrogen (secondary N) is 1. The molecular weight excluding hydrogens is 234 g/mol. The molecule has 19 heavy (non-hydrogen) atoms. The summed E-state index contributed by atoms with van der Waals surface area (Å²) in [4.78, 5) is 0. The van der Waals surface area contributed by atoms with E-state index in [1.54, 1.807) is 0 Å². The highest BCUT2D eigenvalue weighted by Gasteiger charge is 2.00. The second kappa shape index (κ2) is 6.95. The van der Waals surface area contributed by atoms with E-state index in [1.807, 2.05) is 19.1 Å². The van der Waals surface area contributed by atoms with E-state index in [-0.39, 0.29) is 0 Å². The van der Waals surface area contributed by atoms with Crippen LogP contribution in [0.5, 0.6) is 5.75 Å². The molecule has 100 valence electrons. The first-order chi connectivity index (χ1) is 9.33. The molecule has 2 aromatic carbocycles. The Morgan fingerprint density at radius 2 is 1.74 bits per heavy atom. The highest BCUT2D eigenvalue weighted by molar-refractivity contribution is 5.64. The quantitative estimate of drug-likeness (QED) is 0.846. The molecule has 0 radical (unpaired) electrons. The van der Waals surface area contributed by atoms with Crippen molar-refractivity contribution in [2.75, 3.05) is 13.2 Å². The summed E-state index contributed by atoms with van der Waals surface area (Å²) in [6.07, 6.45) is 0. The van der Waals surface area contributed by atoms with Crippen LogP contribution in [0.25, 0.3) is 11.1 Å². The van der Waals surface area contributed by atoms with E-state index in [0.717, 1.165) is 18.8 Å². The Morgan fingerprint density at radius 3 is 2.42 bits per heavy atom. The molecule has 0 aliphatic heterocycles. The van der Waals surface area contributed by atoms with Crippen molar-refractivity contribution in [3.63, 3.8) is 0 Å². The van der Waals surface area contributed by atoms with E-state index in [2.05, 4.69) is 48.6 Å². The smallest absolute Gasteiger partial charge is 0.119 e. The van der Waals surface area contributed by atoms with Gasteiger partial charge in [0.1, 0.15) is 5.75 Å². The molecule has 0 saturated carbocycles. The third kappa shape index (κ3) is 3.83. The summed E-state index contributed by atoms with van der Waals surface area (Å²) in [5, 5.41) is 3.35. The monoisotopic (exact) mass is 255 g/mol. The Morgan fingerprint density at radius 1 is 0.947 bits per heavy atom. The zero-order chi connectivity index (χ0) is 13.5. The molecule has 2 heteroatoms. The predicted molar refractivity (Wildman–Crippen MR) is 80.4 cm³/mol. The lowest BCUT2D eigenvalue weighted by Gasteiger charge is -2.07. The van der Waals surface area contributed by atoms with Crippen LogP contribution in [0.2, 0.25) is 0 Å². The van der Waals surface area contributed by atoms with Gasteiger partial charge in [-0.25, -0.2) is 0 Å². The van der Waals surface area contributed by atoms with Gasteiger partial charge in [-0.1, -0.05) is 37.3 Å². The number of benzene rings is 2. The fraction of sp³-hybridized carbons (Fsp3) is 0.294. The molecule has 0 bridgehead atoms. The first-order valence-corrected chi connectivity index (χ1v) is 6.86. The second-order valence-electron chi connectivity index (χ2n) is 4.44. The van der Waals surface area contributed by atoms with Crippen molar-refractivity contribution in [1.29, 1.82) is 0 Å². The summed E-state index contributed by atoms with van der Waals surface area (Å²) in [6.45, 7) is 6.74. The molecule has 0 heterocycles. The van der Waals surface area contributed by atoms with E-state index >= 15 is 0 Å².